The first kappa shape index (κ1) is 30.0. The molecule has 0 aliphatic heterocycles. The minimum Gasteiger partial charge on any atom is -0.444 e. The second kappa shape index (κ2) is 12.1. The molecule has 0 spiro atoms. The summed E-state index contributed by atoms with van der Waals surface area (Å²) in [5.74, 6) is -1.17. The zero-order valence-corrected chi connectivity index (χ0v) is 22.9. The van der Waals surface area contributed by atoms with Crippen LogP contribution < -0.4 is 10.6 Å². The highest BCUT2D eigenvalue weighted by Crippen LogP contribution is 2.28. The van der Waals surface area contributed by atoms with E-state index in [1.165, 1.54) is 4.90 Å². The van der Waals surface area contributed by atoms with Crippen LogP contribution in [-0.2, 0) is 14.3 Å². The molecule has 0 saturated heterocycles. The predicted molar refractivity (Wildman–Crippen MR) is 136 cm³/mol. The Hall–Kier alpha value is -3.08. The van der Waals surface area contributed by atoms with Crippen molar-refractivity contribution in [3.63, 3.8) is 0 Å². The number of rotatable bonds is 8. The monoisotopic (exact) mass is 486 g/mol. The molecule has 35 heavy (non-hydrogen) atoms. The molecule has 1 aromatic rings. The maximum atomic E-state index is 13.9. The van der Waals surface area contributed by atoms with E-state index in [4.69, 9.17) is 4.74 Å². The van der Waals surface area contributed by atoms with E-state index >= 15 is 0 Å². The molecule has 3 atom stereocenters. The molecule has 0 bridgehead atoms. The number of carbonyl (C=O) groups is 3. The van der Waals surface area contributed by atoms with Crippen molar-refractivity contribution in [3.05, 3.63) is 34.9 Å². The second-order valence-electron chi connectivity index (χ2n) is 11.1. The van der Waals surface area contributed by atoms with Crippen molar-refractivity contribution < 1.29 is 19.1 Å². The first-order valence-corrected chi connectivity index (χ1v) is 12.1. The van der Waals surface area contributed by atoms with Crippen LogP contribution in [0.4, 0.5) is 4.79 Å². The number of hydrogen-bond acceptors (Lipinski definition) is 5. The molecule has 8 nitrogen and oxygen atoms in total. The van der Waals surface area contributed by atoms with Crippen molar-refractivity contribution in [1.29, 1.82) is 5.26 Å². The van der Waals surface area contributed by atoms with Gasteiger partial charge < -0.3 is 20.3 Å². The summed E-state index contributed by atoms with van der Waals surface area (Å²) in [6.45, 7) is 18.0. The number of ether oxygens (including phenoxy) is 1. The van der Waals surface area contributed by atoms with Crippen LogP contribution >= 0.6 is 0 Å². The fraction of sp³-hybridized carbons (Fsp3) is 0.630. The molecule has 0 fully saturated rings. The molecule has 8 heteroatoms. The van der Waals surface area contributed by atoms with E-state index < -0.39 is 41.1 Å². The standard InChI is InChI=1S/C27H42N4O4/c1-11-18(3)21(29-25(34)35-27(8,9)10)24(33)31(15-14-28)22(23(32)30-26(5,6)7)20-13-12-17(2)16-19(20)4/h12-13,16,18,21-22H,11,15H2,1-10H3,(H,29,34)(H,30,32). The number of amides is 3. The van der Waals surface area contributed by atoms with Crippen LogP contribution in [0.1, 0.15) is 84.5 Å². The Morgan fingerprint density at radius 2 is 1.71 bits per heavy atom. The lowest BCUT2D eigenvalue weighted by atomic mass is 9.93. The molecule has 0 saturated carbocycles. The SMILES string of the molecule is CCC(C)C(NC(=O)OC(C)(C)C)C(=O)N(CC#N)C(C(=O)NC(C)(C)C)c1ccc(C)cc1C. The molecule has 0 heterocycles. The minimum absolute atomic E-state index is 0.262. The third kappa shape index (κ3) is 9.23. The van der Waals surface area contributed by atoms with Crippen molar-refractivity contribution in [2.45, 2.75) is 98.9 Å². The molecule has 0 aliphatic rings. The zero-order chi connectivity index (χ0) is 27.1. The van der Waals surface area contributed by atoms with Gasteiger partial charge in [0, 0.05) is 5.54 Å². The molecule has 2 N–H and O–H groups in total. The van der Waals surface area contributed by atoms with Crippen molar-refractivity contribution in [2.75, 3.05) is 6.54 Å². The number of nitrogens with zero attached hydrogens (tertiary/aromatic N) is 2. The lowest BCUT2D eigenvalue weighted by Crippen LogP contribution is -2.56. The van der Waals surface area contributed by atoms with Gasteiger partial charge in [0.15, 0.2) is 0 Å². The highest BCUT2D eigenvalue weighted by atomic mass is 16.6. The van der Waals surface area contributed by atoms with Gasteiger partial charge in [-0.1, -0.05) is 44.0 Å². The van der Waals surface area contributed by atoms with Gasteiger partial charge in [0.2, 0.25) is 11.8 Å². The normalized spacial score (nSPS) is 14.2. The minimum atomic E-state index is -1.05. The van der Waals surface area contributed by atoms with Crippen LogP contribution in [0.3, 0.4) is 0 Å². The van der Waals surface area contributed by atoms with E-state index in [0.29, 0.717) is 12.0 Å². The second-order valence-corrected chi connectivity index (χ2v) is 11.1. The summed E-state index contributed by atoms with van der Waals surface area (Å²) < 4.78 is 5.38. The molecule has 1 rings (SSSR count). The number of hydrogen-bond donors (Lipinski definition) is 2. The number of nitrogens with one attached hydrogen (secondary N) is 2. The predicted octanol–water partition coefficient (Wildman–Crippen LogP) is 4.55. The van der Waals surface area contributed by atoms with Gasteiger partial charge in [-0.2, -0.15) is 5.26 Å². The van der Waals surface area contributed by atoms with Crippen LogP contribution in [0.25, 0.3) is 0 Å². The summed E-state index contributed by atoms with van der Waals surface area (Å²) in [6, 6.07) is 5.64. The largest absolute Gasteiger partial charge is 0.444 e. The molecule has 0 aromatic heterocycles. The van der Waals surface area contributed by atoms with Crippen LogP contribution in [0, 0.1) is 31.1 Å². The van der Waals surface area contributed by atoms with E-state index in [1.54, 1.807) is 20.8 Å². The van der Waals surface area contributed by atoms with Gasteiger partial charge in [0.25, 0.3) is 0 Å². The number of nitriles is 1. The van der Waals surface area contributed by atoms with Crippen LogP contribution in [0.5, 0.6) is 0 Å². The van der Waals surface area contributed by atoms with Crippen molar-refractivity contribution in [1.82, 2.24) is 15.5 Å². The van der Waals surface area contributed by atoms with Gasteiger partial charge in [0.05, 0.1) is 6.07 Å². The van der Waals surface area contributed by atoms with Crippen molar-refractivity contribution in [3.8, 4) is 6.07 Å². The average Bonchev–Trinajstić information content (AvgIpc) is 2.69. The average molecular weight is 487 g/mol. The Balaban J connectivity index is 3.58. The van der Waals surface area contributed by atoms with Gasteiger partial charge in [-0.15, -0.1) is 0 Å². The zero-order valence-electron chi connectivity index (χ0n) is 22.9. The van der Waals surface area contributed by atoms with E-state index in [0.717, 1.165) is 11.1 Å². The number of aryl methyl sites for hydroxylation is 2. The van der Waals surface area contributed by atoms with Crippen molar-refractivity contribution >= 4 is 17.9 Å². The number of alkyl carbamates (subject to hydrolysis) is 1. The van der Waals surface area contributed by atoms with Crippen molar-refractivity contribution in [2.24, 2.45) is 5.92 Å². The smallest absolute Gasteiger partial charge is 0.408 e. The Bertz CT molecular complexity index is 953. The molecule has 0 radical (unpaired) electrons. The van der Waals surface area contributed by atoms with E-state index in [-0.39, 0.29) is 12.5 Å². The first-order chi connectivity index (χ1) is 16.0. The van der Waals surface area contributed by atoms with Gasteiger partial charge >= 0.3 is 6.09 Å². The summed E-state index contributed by atoms with van der Waals surface area (Å²) in [5, 5.41) is 15.3. The summed E-state index contributed by atoms with van der Waals surface area (Å²) >= 11 is 0. The van der Waals surface area contributed by atoms with E-state index in [1.807, 2.05) is 72.7 Å². The highest BCUT2D eigenvalue weighted by Gasteiger charge is 2.39. The molecule has 3 unspecified atom stereocenters. The maximum Gasteiger partial charge on any atom is 0.408 e. The lowest BCUT2D eigenvalue weighted by Gasteiger charge is -2.36. The molecular weight excluding hydrogens is 444 g/mol. The topological polar surface area (TPSA) is 112 Å². The van der Waals surface area contributed by atoms with Gasteiger partial charge in [-0.25, -0.2) is 4.79 Å². The molecule has 1 aromatic carbocycles. The quantitative estimate of drug-likeness (QED) is 0.524. The summed E-state index contributed by atoms with van der Waals surface area (Å²) in [5.41, 5.74) is 1.17. The maximum absolute atomic E-state index is 13.9. The Morgan fingerprint density at radius 1 is 1.11 bits per heavy atom. The third-order valence-electron chi connectivity index (χ3n) is 5.45. The summed E-state index contributed by atoms with van der Waals surface area (Å²) in [7, 11) is 0. The van der Waals surface area contributed by atoms with Gasteiger partial charge in [-0.05, 0) is 72.4 Å². The highest BCUT2D eigenvalue weighted by molar-refractivity contribution is 5.93. The summed E-state index contributed by atoms with van der Waals surface area (Å²) in [4.78, 5) is 41.3. The molecule has 194 valence electrons. The Morgan fingerprint density at radius 3 is 2.17 bits per heavy atom. The van der Waals surface area contributed by atoms with Gasteiger partial charge in [0.1, 0.15) is 24.2 Å². The van der Waals surface area contributed by atoms with Crippen LogP contribution in [0.2, 0.25) is 0 Å². The first-order valence-electron chi connectivity index (χ1n) is 12.1. The molecule has 3 amide bonds. The third-order valence-corrected chi connectivity index (χ3v) is 5.45. The fourth-order valence-electron chi connectivity index (χ4n) is 3.69. The lowest BCUT2D eigenvalue weighted by molar-refractivity contribution is -0.143. The summed E-state index contributed by atoms with van der Waals surface area (Å²) in [6.07, 6.45) is -0.134. The number of carbonyl (C=O) groups excluding carboxylic acids is 3. The van der Waals surface area contributed by atoms with Crippen LogP contribution in [-0.4, -0.2) is 46.5 Å². The van der Waals surface area contributed by atoms with E-state index in [2.05, 4.69) is 10.6 Å². The molecular formula is C27H42N4O4. The Kier molecular flexibility index (Phi) is 10.3. The van der Waals surface area contributed by atoms with Gasteiger partial charge in [-0.3, -0.25) is 9.59 Å². The van der Waals surface area contributed by atoms with Crippen LogP contribution in [0.15, 0.2) is 18.2 Å². The van der Waals surface area contributed by atoms with E-state index in [9.17, 15) is 19.6 Å². The number of benzene rings is 1. The Labute approximate surface area is 210 Å². The molecule has 0 aliphatic carbocycles. The fourth-order valence-corrected chi connectivity index (χ4v) is 3.69.